The number of fused-ring (bicyclic) bond motifs is 3. The maximum atomic E-state index is 13.2. The molecule has 4 aliphatic rings. The van der Waals surface area contributed by atoms with E-state index in [1.165, 1.54) is 32.1 Å². The van der Waals surface area contributed by atoms with Gasteiger partial charge in [0.2, 0.25) is 0 Å². The van der Waals surface area contributed by atoms with E-state index in [1.807, 2.05) is 25.1 Å². The second-order valence-electron chi connectivity index (χ2n) is 13.7. The van der Waals surface area contributed by atoms with Crippen molar-refractivity contribution < 1.29 is 19.1 Å². The van der Waals surface area contributed by atoms with Crippen molar-refractivity contribution in [1.29, 1.82) is 0 Å². The number of carbonyl (C=O) groups is 2. The minimum absolute atomic E-state index is 0.0231. The van der Waals surface area contributed by atoms with Crippen LogP contribution in [0.1, 0.15) is 108 Å². The summed E-state index contributed by atoms with van der Waals surface area (Å²) in [5.41, 5.74) is 1.60. The van der Waals surface area contributed by atoms with Gasteiger partial charge in [0, 0.05) is 0 Å². The van der Waals surface area contributed by atoms with Crippen LogP contribution in [0.2, 0.25) is 0 Å². The van der Waals surface area contributed by atoms with E-state index in [0.29, 0.717) is 41.2 Å². The van der Waals surface area contributed by atoms with E-state index in [2.05, 4.69) is 42.0 Å². The van der Waals surface area contributed by atoms with Crippen molar-refractivity contribution in [3.8, 4) is 5.75 Å². The third kappa shape index (κ3) is 4.05. The molecule has 1 aromatic carbocycles. The molecule has 0 N–H and O–H groups in total. The highest BCUT2D eigenvalue weighted by Crippen LogP contribution is 2.75. The van der Waals surface area contributed by atoms with Gasteiger partial charge in [0.1, 0.15) is 18.1 Å². The van der Waals surface area contributed by atoms with E-state index in [0.717, 1.165) is 37.7 Å². The fourth-order valence-electron chi connectivity index (χ4n) is 10.1. The van der Waals surface area contributed by atoms with Crippen molar-refractivity contribution in [2.45, 2.75) is 98.1 Å². The van der Waals surface area contributed by atoms with Gasteiger partial charge >= 0.3 is 5.97 Å². The van der Waals surface area contributed by atoms with Crippen molar-refractivity contribution in [3.05, 3.63) is 41.7 Å². The first-order valence-corrected chi connectivity index (χ1v) is 14.9. The second kappa shape index (κ2) is 9.45. The molecular weight excluding hydrogens is 490 g/mol. The molecule has 7 atom stereocenters. The number of esters is 1. The van der Waals surface area contributed by atoms with Crippen molar-refractivity contribution in [3.63, 3.8) is 0 Å². The van der Waals surface area contributed by atoms with E-state index in [1.54, 1.807) is 6.07 Å². The van der Waals surface area contributed by atoms with Crippen LogP contribution in [0, 0.1) is 33.5 Å². The quantitative estimate of drug-likeness (QED) is 0.295. The molecule has 4 saturated carbocycles. The standard InChI is InChI=1S/C32H43N3O4/c1-5-38-28(37)31(4)14-8-13-30(3)25(31)12-16-32-17-27(29(2,21-32)15-11-26(30)32)35-18-23(33-34-35)20-39-24-10-7-6-9-22(24)19-36/h6-7,9-10,18-19,25-27H,5,8,11-17,20-21H2,1-4H3/t25-,26-,27-,29-,30+,31+,32-/m0/s1. The summed E-state index contributed by atoms with van der Waals surface area (Å²) in [6, 6.07) is 7.57. The molecule has 6 rings (SSSR count). The lowest BCUT2D eigenvalue weighted by molar-refractivity contribution is -0.187. The topological polar surface area (TPSA) is 83.3 Å². The zero-order chi connectivity index (χ0) is 27.5. The fraction of sp³-hybridized carbons (Fsp3) is 0.688. The van der Waals surface area contributed by atoms with Gasteiger partial charge in [-0.25, -0.2) is 4.68 Å². The van der Waals surface area contributed by atoms with Gasteiger partial charge in [-0.15, -0.1) is 5.10 Å². The zero-order valence-corrected chi connectivity index (χ0v) is 23.9. The van der Waals surface area contributed by atoms with E-state index < -0.39 is 0 Å². The molecule has 7 nitrogen and oxygen atoms in total. The summed E-state index contributed by atoms with van der Waals surface area (Å²) in [5, 5.41) is 9.08. The van der Waals surface area contributed by atoms with Crippen LogP contribution in [0.3, 0.4) is 0 Å². The van der Waals surface area contributed by atoms with Crippen molar-refractivity contribution >= 4 is 12.3 Å². The van der Waals surface area contributed by atoms with Crippen LogP contribution in [0.25, 0.3) is 0 Å². The molecule has 1 heterocycles. The number of ether oxygens (including phenoxy) is 2. The molecule has 0 aliphatic heterocycles. The zero-order valence-electron chi connectivity index (χ0n) is 23.9. The number of nitrogens with zero attached hydrogens (tertiary/aromatic N) is 3. The molecule has 0 saturated heterocycles. The van der Waals surface area contributed by atoms with Crippen molar-refractivity contribution in [1.82, 2.24) is 15.0 Å². The minimum atomic E-state index is -0.368. The van der Waals surface area contributed by atoms with Crippen LogP contribution in [0.4, 0.5) is 0 Å². The van der Waals surface area contributed by atoms with E-state index in [4.69, 9.17) is 9.47 Å². The molecular formula is C32H43N3O4. The summed E-state index contributed by atoms with van der Waals surface area (Å²) in [6.45, 7) is 9.83. The highest BCUT2D eigenvalue weighted by atomic mass is 16.5. The van der Waals surface area contributed by atoms with Gasteiger partial charge in [0.15, 0.2) is 6.29 Å². The van der Waals surface area contributed by atoms with Gasteiger partial charge in [-0.1, -0.05) is 37.6 Å². The number of hydrogen-bond donors (Lipinski definition) is 0. The summed E-state index contributed by atoms with van der Waals surface area (Å²) in [4.78, 5) is 24.6. The predicted molar refractivity (Wildman–Crippen MR) is 147 cm³/mol. The molecule has 39 heavy (non-hydrogen) atoms. The van der Waals surface area contributed by atoms with Gasteiger partial charge in [0.05, 0.1) is 29.8 Å². The Morgan fingerprint density at radius 1 is 1.10 bits per heavy atom. The first-order valence-electron chi connectivity index (χ1n) is 14.9. The Kier molecular flexibility index (Phi) is 6.42. The third-order valence-electron chi connectivity index (χ3n) is 11.6. The monoisotopic (exact) mass is 533 g/mol. The first-order chi connectivity index (χ1) is 18.7. The lowest BCUT2D eigenvalue weighted by Crippen LogP contribution is -2.58. The lowest BCUT2D eigenvalue weighted by Gasteiger charge is -2.64. The molecule has 1 aromatic heterocycles. The van der Waals surface area contributed by atoms with Crippen LogP contribution in [-0.2, 0) is 16.1 Å². The summed E-state index contributed by atoms with van der Waals surface area (Å²) in [6.07, 6.45) is 13.2. The maximum absolute atomic E-state index is 13.2. The average Bonchev–Trinajstić information content (AvgIpc) is 3.46. The Morgan fingerprint density at radius 3 is 2.69 bits per heavy atom. The molecule has 0 amide bonds. The predicted octanol–water partition coefficient (Wildman–Crippen LogP) is 6.58. The SMILES string of the molecule is CCOC(=O)[C@]1(C)CCC[C@@]2(C)[C@@H]3CC[C@@]4(C)C[C@]3(CC[C@@H]21)C[C@@H]4n1cc(COc2ccccc2C=O)nn1. The fourth-order valence-corrected chi connectivity index (χ4v) is 10.1. The van der Waals surface area contributed by atoms with Crippen LogP contribution in [0.15, 0.2) is 30.5 Å². The maximum Gasteiger partial charge on any atom is 0.312 e. The average molecular weight is 534 g/mol. The summed E-state index contributed by atoms with van der Waals surface area (Å²) in [7, 11) is 0. The van der Waals surface area contributed by atoms with E-state index in [-0.39, 0.29) is 28.8 Å². The summed E-state index contributed by atoms with van der Waals surface area (Å²) >= 11 is 0. The van der Waals surface area contributed by atoms with Gasteiger partial charge in [-0.2, -0.15) is 0 Å². The van der Waals surface area contributed by atoms with Gasteiger partial charge in [-0.05, 0) is 105 Å². The summed E-state index contributed by atoms with van der Waals surface area (Å²) in [5.74, 6) is 1.61. The second-order valence-corrected chi connectivity index (χ2v) is 13.7. The largest absolute Gasteiger partial charge is 0.486 e. The molecule has 1 spiro atoms. The molecule has 4 aliphatic carbocycles. The Morgan fingerprint density at radius 2 is 1.90 bits per heavy atom. The van der Waals surface area contributed by atoms with Crippen molar-refractivity contribution in [2.24, 2.45) is 33.5 Å². The highest BCUT2D eigenvalue weighted by molar-refractivity contribution is 5.79. The molecule has 210 valence electrons. The van der Waals surface area contributed by atoms with E-state index >= 15 is 0 Å². The smallest absolute Gasteiger partial charge is 0.312 e. The number of aromatic nitrogens is 3. The number of aldehydes is 1. The van der Waals surface area contributed by atoms with Crippen LogP contribution < -0.4 is 4.74 Å². The van der Waals surface area contributed by atoms with Crippen LogP contribution >= 0.6 is 0 Å². The Labute approximate surface area is 232 Å². The molecule has 7 heteroatoms. The molecule has 4 fully saturated rings. The molecule has 0 radical (unpaired) electrons. The first kappa shape index (κ1) is 26.5. The third-order valence-corrected chi connectivity index (χ3v) is 11.6. The molecule has 2 aromatic rings. The van der Waals surface area contributed by atoms with Crippen molar-refractivity contribution in [2.75, 3.05) is 6.61 Å². The highest BCUT2D eigenvalue weighted by Gasteiger charge is 2.68. The number of rotatable bonds is 7. The lowest BCUT2D eigenvalue weighted by atomic mass is 9.40. The Balaban J connectivity index is 1.23. The van der Waals surface area contributed by atoms with Gasteiger partial charge < -0.3 is 9.47 Å². The summed E-state index contributed by atoms with van der Waals surface area (Å²) < 4.78 is 13.7. The van der Waals surface area contributed by atoms with Gasteiger partial charge in [0.25, 0.3) is 0 Å². The Hall–Kier alpha value is -2.70. The number of hydrogen-bond acceptors (Lipinski definition) is 6. The normalized spacial score (nSPS) is 38.9. The van der Waals surface area contributed by atoms with Crippen LogP contribution in [-0.4, -0.2) is 33.9 Å². The molecule has 2 bridgehead atoms. The van der Waals surface area contributed by atoms with Crippen LogP contribution in [0.5, 0.6) is 5.75 Å². The number of para-hydroxylation sites is 1. The molecule has 0 unspecified atom stereocenters. The Bertz CT molecular complexity index is 1260. The number of carbonyl (C=O) groups excluding carboxylic acids is 2. The van der Waals surface area contributed by atoms with Gasteiger partial charge in [-0.3, -0.25) is 9.59 Å². The minimum Gasteiger partial charge on any atom is -0.486 e. The van der Waals surface area contributed by atoms with E-state index in [9.17, 15) is 9.59 Å². The number of benzene rings is 1.